The van der Waals surface area contributed by atoms with Gasteiger partial charge in [-0.15, -0.1) is 0 Å². The number of carbonyl (C=O) groups excluding carboxylic acids is 1. The predicted molar refractivity (Wildman–Crippen MR) is 56.8 cm³/mol. The smallest absolute Gasteiger partial charge is 0.220 e. The molecule has 4 heteroatoms. The molecule has 0 radical (unpaired) electrons. The van der Waals surface area contributed by atoms with E-state index < -0.39 is 6.10 Å². The van der Waals surface area contributed by atoms with Crippen LogP contribution in [0.3, 0.4) is 0 Å². The summed E-state index contributed by atoms with van der Waals surface area (Å²) in [6.07, 6.45) is 1.51. The number of rotatable bonds is 7. The lowest BCUT2D eigenvalue weighted by atomic mass is 10.1. The Bertz CT molecular complexity index is 160. The summed E-state index contributed by atoms with van der Waals surface area (Å²) in [6.45, 7) is 4.94. The zero-order valence-corrected chi connectivity index (χ0v) is 9.12. The van der Waals surface area contributed by atoms with E-state index in [0.29, 0.717) is 25.3 Å². The molecule has 4 nitrogen and oxygen atoms in total. The van der Waals surface area contributed by atoms with Crippen molar-refractivity contribution in [1.29, 1.82) is 0 Å². The zero-order chi connectivity index (χ0) is 11.0. The Kier molecular flexibility index (Phi) is 7.42. The van der Waals surface area contributed by atoms with Crippen LogP contribution in [0.2, 0.25) is 0 Å². The fourth-order valence-corrected chi connectivity index (χ4v) is 1.00. The molecule has 84 valence electrons. The monoisotopic (exact) mass is 202 g/mol. The number of carbonyl (C=O) groups is 1. The summed E-state index contributed by atoms with van der Waals surface area (Å²) in [4.78, 5) is 11.2. The first-order valence-corrected chi connectivity index (χ1v) is 5.21. The van der Waals surface area contributed by atoms with Crippen molar-refractivity contribution in [3.05, 3.63) is 0 Å². The summed E-state index contributed by atoms with van der Waals surface area (Å²) < 4.78 is 0. The third-order valence-corrected chi connectivity index (χ3v) is 2.02. The molecule has 1 amide bonds. The van der Waals surface area contributed by atoms with E-state index in [9.17, 15) is 4.79 Å². The second kappa shape index (κ2) is 7.76. The minimum Gasteiger partial charge on any atom is -0.392 e. The summed E-state index contributed by atoms with van der Waals surface area (Å²) >= 11 is 0. The highest BCUT2D eigenvalue weighted by atomic mass is 16.3. The van der Waals surface area contributed by atoms with E-state index in [1.807, 2.05) is 0 Å². The molecule has 0 aromatic carbocycles. The van der Waals surface area contributed by atoms with Gasteiger partial charge in [-0.2, -0.15) is 0 Å². The fourth-order valence-electron chi connectivity index (χ4n) is 1.00. The molecule has 0 aromatic rings. The van der Waals surface area contributed by atoms with Crippen LogP contribution >= 0.6 is 0 Å². The molecule has 0 rings (SSSR count). The van der Waals surface area contributed by atoms with Crippen molar-refractivity contribution in [1.82, 2.24) is 5.32 Å². The standard InChI is InChI=1S/C10H22N2O2/c1-8(2)3-4-10(14)12-6-5-9(13)7-11/h8-9,13H,3-7,11H2,1-2H3,(H,12,14)/t9-/m0/s1. The third kappa shape index (κ3) is 8.01. The number of nitrogens with one attached hydrogen (secondary N) is 1. The molecule has 0 aliphatic heterocycles. The van der Waals surface area contributed by atoms with Crippen molar-refractivity contribution in [2.24, 2.45) is 11.7 Å². The first-order valence-electron chi connectivity index (χ1n) is 5.21. The Morgan fingerprint density at radius 3 is 2.57 bits per heavy atom. The van der Waals surface area contributed by atoms with Crippen molar-refractivity contribution in [3.63, 3.8) is 0 Å². The SMILES string of the molecule is CC(C)CCC(=O)NCC[C@H](O)CN. The molecule has 0 heterocycles. The molecule has 0 bridgehead atoms. The molecule has 14 heavy (non-hydrogen) atoms. The Labute approximate surface area is 85.9 Å². The van der Waals surface area contributed by atoms with E-state index in [0.717, 1.165) is 6.42 Å². The van der Waals surface area contributed by atoms with Gasteiger partial charge in [-0.05, 0) is 18.8 Å². The molecule has 4 N–H and O–H groups in total. The lowest BCUT2D eigenvalue weighted by Crippen LogP contribution is -2.29. The average Bonchev–Trinajstić information content (AvgIpc) is 2.14. The molecular weight excluding hydrogens is 180 g/mol. The maximum atomic E-state index is 11.2. The van der Waals surface area contributed by atoms with Gasteiger partial charge < -0.3 is 16.2 Å². The summed E-state index contributed by atoms with van der Waals surface area (Å²) in [7, 11) is 0. The van der Waals surface area contributed by atoms with Crippen molar-refractivity contribution in [2.45, 2.75) is 39.2 Å². The normalized spacial score (nSPS) is 12.9. The van der Waals surface area contributed by atoms with Gasteiger partial charge in [0.25, 0.3) is 0 Å². The molecule has 0 aliphatic carbocycles. The number of aliphatic hydroxyl groups is 1. The maximum absolute atomic E-state index is 11.2. The van der Waals surface area contributed by atoms with E-state index in [2.05, 4.69) is 19.2 Å². The molecule has 0 saturated heterocycles. The van der Waals surface area contributed by atoms with Gasteiger partial charge in [0.1, 0.15) is 0 Å². The highest BCUT2D eigenvalue weighted by Gasteiger charge is 2.04. The van der Waals surface area contributed by atoms with Crippen LogP contribution in [0.25, 0.3) is 0 Å². The summed E-state index contributed by atoms with van der Waals surface area (Å²) in [5.41, 5.74) is 5.22. The Balaban J connectivity index is 3.35. The van der Waals surface area contributed by atoms with Gasteiger partial charge >= 0.3 is 0 Å². The second-order valence-electron chi connectivity index (χ2n) is 3.96. The van der Waals surface area contributed by atoms with E-state index in [4.69, 9.17) is 10.8 Å². The number of hydrogen-bond acceptors (Lipinski definition) is 3. The van der Waals surface area contributed by atoms with Crippen molar-refractivity contribution in [2.75, 3.05) is 13.1 Å². The Morgan fingerprint density at radius 1 is 1.43 bits per heavy atom. The molecule has 0 saturated carbocycles. The number of amides is 1. The van der Waals surface area contributed by atoms with Crippen LogP contribution in [0.5, 0.6) is 0 Å². The Hall–Kier alpha value is -0.610. The van der Waals surface area contributed by atoms with Gasteiger partial charge in [0.05, 0.1) is 6.10 Å². The number of hydrogen-bond donors (Lipinski definition) is 3. The van der Waals surface area contributed by atoms with Gasteiger partial charge in [0.2, 0.25) is 5.91 Å². The topological polar surface area (TPSA) is 75.3 Å². The van der Waals surface area contributed by atoms with Gasteiger partial charge in [-0.25, -0.2) is 0 Å². The van der Waals surface area contributed by atoms with Gasteiger partial charge in [-0.3, -0.25) is 4.79 Å². The Morgan fingerprint density at radius 2 is 2.07 bits per heavy atom. The minimum absolute atomic E-state index is 0.0583. The number of aliphatic hydroxyl groups excluding tert-OH is 1. The maximum Gasteiger partial charge on any atom is 0.220 e. The van der Waals surface area contributed by atoms with Crippen LogP contribution in [0.4, 0.5) is 0 Å². The highest BCUT2D eigenvalue weighted by Crippen LogP contribution is 2.02. The molecule has 0 spiro atoms. The van der Waals surface area contributed by atoms with Gasteiger partial charge in [0.15, 0.2) is 0 Å². The van der Waals surface area contributed by atoms with Crippen LogP contribution < -0.4 is 11.1 Å². The lowest BCUT2D eigenvalue weighted by molar-refractivity contribution is -0.121. The fraction of sp³-hybridized carbons (Fsp3) is 0.900. The predicted octanol–water partition coefficient (Wildman–Crippen LogP) is 0.249. The van der Waals surface area contributed by atoms with Crippen LogP contribution in [-0.2, 0) is 4.79 Å². The van der Waals surface area contributed by atoms with E-state index in [1.54, 1.807) is 0 Å². The average molecular weight is 202 g/mol. The lowest BCUT2D eigenvalue weighted by Gasteiger charge is -2.09. The minimum atomic E-state index is -0.500. The quantitative estimate of drug-likeness (QED) is 0.554. The van der Waals surface area contributed by atoms with Crippen molar-refractivity contribution >= 4 is 5.91 Å². The third-order valence-electron chi connectivity index (χ3n) is 2.02. The van der Waals surface area contributed by atoms with E-state index in [1.165, 1.54) is 0 Å². The van der Waals surface area contributed by atoms with Crippen molar-refractivity contribution < 1.29 is 9.90 Å². The molecule has 0 aromatic heterocycles. The summed E-state index contributed by atoms with van der Waals surface area (Å²) in [5.74, 6) is 0.610. The first-order chi connectivity index (χ1) is 6.56. The van der Waals surface area contributed by atoms with Crippen LogP contribution in [-0.4, -0.2) is 30.2 Å². The molecule has 0 aliphatic rings. The van der Waals surface area contributed by atoms with Crippen LogP contribution in [0.1, 0.15) is 33.1 Å². The van der Waals surface area contributed by atoms with Gasteiger partial charge in [-0.1, -0.05) is 13.8 Å². The van der Waals surface area contributed by atoms with E-state index >= 15 is 0 Å². The molecule has 0 unspecified atom stereocenters. The molecular formula is C10H22N2O2. The van der Waals surface area contributed by atoms with Gasteiger partial charge in [0, 0.05) is 19.5 Å². The van der Waals surface area contributed by atoms with E-state index in [-0.39, 0.29) is 12.5 Å². The first kappa shape index (κ1) is 13.4. The van der Waals surface area contributed by atoms with Crippen LogP contribution in [0, 0.1) is 5.92 Å². The second-order valence-corrected chi connectivity index (χ2v) is 3.96. The summed E-state index contributed by atoms with van der Waals surface area (Å²) in [5, 5.41) is 11.9. The number of nitrogens with two attached hydrogens (primary N) is 1. The molecule has 0 fully saturated rings. The largest absolute Gasteiger partial charge is 0.392 e. The van der Waals surface area contributed by atoms with Crippen LogP contribution in [0.15, 0.2) is 0 Å². The highest BCUT2D eigenvalue weighted by molar-refractivity contribution is 5.75. The molecule has 1 atom stereocenters. The van der Waals surface area contributed by atoms with Crippen molar-refractivity contribution in [3.8, 4) is 0 Å². The zero-order valence-electron chi connectivity index (χ0n) is 9.12. The summed E-state index contributed by atoms with van der Waals surface area (Å²) in [6, 6.07) is 0.